The second-order valence-electron chi connectivity index (χ2n) is 1.14. The fourth-order valence-corrected chi connectivity index (χ4v) is 0.820. The number of hydrogen-bond donors (Lipinski definition) is 0. The minimum Gasteiger partial charge on any atom is -0.265 e. The third kappa shape index (κ3) is 1.65. The average Bonchev–Trinajstić information content (AvgIpc) is 1.90. The van der Waals surface area contributed by atoms with Crippen molar-refractivity contribution in [2.24, 2.45) is 4.99 Å². The molecule has 1 aliphatic heterocycles. The zero-order valence-electron chi connectivity index (χ0n) is 3.83. The van der Waals surface area contributed by atoms with Gasteiger partial charge in [0.25, 0.3) is 0 Å². The van der Waals surface area contributed by atoms with Crippen molar-refractivity contribution in [2.45, 2.75) is 0 Å². The number of nitrogens with zero attached hydrogens (tertiary/aromatic N) is 1. The Bertz CT molecular complexity index is 110. The molecular weight excluding hydrogens is 105 g/mol. The topological polar surface area (TPSA) is 12.4 Å². The highest BCUT2D eigenvalue weighted by Crippen LogP contribution is 2.13. The molecule has 0 aromatic heterocycles. The zero-order valence-corrected chi connectivity index (χ0v) is 4.83. The molecule has 0 saturated heterocycles. The minimum atomic E-state index is 0.809. The third-order valence-electron chi connectivity index (χ3n) is 0.621. The van der Waals surface area contributed by atoms with E-state index in [2.05, 4.69) is 10.8 Å². The van der Waals surface area contributed by atoms with Gasteiger partial charge in [0.15, 0.2) is 0 Å². The van der Waals surface area contributed by atoms with Crippen molar-refractivity contribution >= 4 is 14.8 Å². The Kier molecular flexibility index (Phi) is 1.83. The van der Waals surface area contributed by atoms with Crippen molar-refractivity contribution in [3.8, 4) is 0 Å². The van der Waals surface area contributed by atoms with Crippen LogP contribution in [0.5, 0.6) is 0 Å². The maximum Gasteiger partial charge on any atom is 0.0273 e. The van der Waals surface area contributed by atoms with Crippen LogP contribution in [0, 0.1) is 0 Å². The smallest absolute Gasteiger partial charge is 0.0273 e. The Hall–Kier alpha value is -0.420. The molecule has 36 valence electrons. The molecule has 0 bridgehead atoms. The zero-order chi connectivity index (χ0) is 4.95. The standard InChI is InChI=1S/C5H6NP/c1-2-6-3-5-7-4-1/h1-5,7H. The van der Waals surface area contributed by atoms with Gasteiger partial charge in [-0.2, -0.15) is 0 Å². The first-order valence-electron chi connectivity index (χ1n) is 2.09. The molecular formula is C5H6NP. The summed E-state index contributed by atoms with van der Waals surface area (Å²) in [4.78, 5) is 3.89. The first-order chi connectivity index (χ1) is 3.50. The lowest BCUT2D eigenvalue weighted by Crippen LogP contribution is -1.52. The summed E-state index contributed by atoms with van der Waals surface area (Å²) < 4.78 is 0. The van der Waals surface area contributed by atoms with Crippen LogP contribution in [0.3, 0.4) is 0 Å². The molecule has 2 heteroatoms. The number of aliphatic imine (C=N–C) groups is 1. The first-order valence-corrected chi connectivity index (χ1v) is 3.25. The van der Waals surface area contributed by atoms with Crippen molar-refractivity contribution in [1.82, 2.24) is 0 Å². The van der Waals surface area contributed by atoms with Crippen molar-refractivity contribution in [2.75, 3.05) is 0 Å². The number of rotatable bonds is 0. The second kappa shape index (κ2) is 2.70. The molecule has 1 rings (SSSR count). The van der Waals surface area contributed by atoms with E-state index >= 15 is 0 Å². The third-order valence-corrected chi connectivity index (χ3v) is 1.35. The molecule has 0 radical (unpaired) electrons. The van der Waals surface area contributed by atoms with Gasteiger partial charge in [-0.05, 0) is 11.9 Å². The van der Waals surface area contributed by atoms with Gasteiger partial charge < -0.3 is 0 Å². The summed E-state index contributed by atoms with van der Waals surface area (Å²) in [5.41, 5.74) is 0. The van der Waals surface area contributed by atoms with E-state index in [0.717, 1.165) is 8.58 Å². The van der Waals surface area contributed by atoms with E-state index in [9.17, 15) is 0 Å². The van der Waals surface area contributed by atoms with Crippen LogP contribution in [0.1, 0.15) is 0 Å². The molecule has 0 aromatic rings. The highest BCUT2D eigenvalue weighted by atomic mass is 31.1. The summed E-state index contributed by atoms with van der Waals surface area (Å²) in [6.07, 6.45) is 5.56. The maximum atomic E-state index is 3.89. The van der Waals surface area contributed by atoms with Crippen molar-refractivity contribution < 1.29 is 0 Å². The van der Waals surface area contributed by atoms with Crippen LogP contribution in [0.25, 0.3) is 0 Å². The van der Waals surface area contributed by atoms with Crippen LogP contribution < -0.4 is 0 Å². The van der Waals surface area contributed by atoms with E-state index < -0.39 is 0 Å². The Balaban J connectivity index is 2.60. The quantitative estimate of drug-likeness (QED) is 0.422. The van der Waals surface area contributed by atoms with Gasteiger partial charge >= 0.3 is 0 Å². The molecule has 1 aliphatic rings. The summed E-state index contributed by atoms with van der Waals surface area (Å²) in [6, 6.07) is 0. The van der Waals surface area contributed by atoms with Gasteiger partial charge in [0.1, 0.15) is 0 Å². The average molecular weight is 111 g/mol. The summed E-state index contributed by atoms with van der Waals surface area (Å²) in [5, 5.41) is 0. The molecule has 0 aromatic carbocycles. The van der Waals surface area contributed by atoms with Gasteiger partial charge in [-0.3, -0.25) is 4.99 Å². The molecule has 1 atom stereocenters. The second-order valence-corrected chi connectivity index (χ2v) is 2.14. The highest BCUT2D eigenvalue weighted by molar-refractivity contribution is 7.45. The van der Waals surface area contributed by atoms with Crippen LogP contribution in [-0.4, -0.2) is 6.21 Å². The van der Waals surface area contributed by atoms with Crippen molar-refractivity contribution in [3.63, 3.8) is 0 Å². The summed E-state index contributed by atoms with van der Waals surface area (Å²) in [6.45, 7) is 0. The van der Waals surface area contributed by atoms with Gasteiger partial charge in [-0.1, -0.05) is 14.4 Å². The molecule has 0 N–H and O–H groups in total. The van der Waals surface area contributed by atoms with Gasteiger partial charge in [0.05, 0.1) is 0 Å². The Morgan fingerprint density at radius 3 is 3.29 bits per heavy atom. The lowest BCUT2D eigenvalue weighted by atomic mass is 10.7. The van der Waals surface area contributed by atoms with E-state index in [0.29, 0.717) is 0 Å². The molecule has 0 saturated carbocycles. The van der Waals surface area contributed by atoms with E-state index in [1.807, 2.05) is 18.1 Å². The molecule has 0 fully saturated rings. The fraction of sp³-hybridized carbons (Fsp3) is 0. The van der Waals surface area contributed by atoms with Crippen LogP contribution in [0.2, 0.25) is 0 Å². The lowest BCUT2D eigenvalue weighted by molar-refractivity contribution is 1.62. The predicted molar refractivity (Wildman–Crippen MR) is 35.1 cm³/mol. The first kappa shape index (κ1) is 4.73. The summed E-state index contributed by atoms with van der Waals surface area (Å²) >= 11 is 0. The fourth-order valence-electron chi connectivity index (χ4n) is 0.340. The number of allylic oxidation sites excluding steroid dienone is 1. The van der Waals surface area contributed by atoms with Crippen LogP contribution in [-0.2, 0) is 0 Å². The van der Waals surface area contributed by atoms with E-state index in [1.165, 1.54) is 0 Å². The van der Waals surface area contributed by atoms with E-state index in [4.69, 9.17) is 0 Å². The minimum absolute atomic E-state index is 0.809. The van der Waals surface area contributed by atoms with Crippen LogP contribution >= 0.6 is 8.58 Å². The van der Waals surface area contributed by atoms with E-state index in [1.54, 1.807) is 6.21 Å². The largest absolute Gasteiger partial charge is 0.265 e. The SMILES string of the molecule is C1=CPC=CN=C1. The maximum absolute atomic E-state index is 3.89. The Morgan fingerprint density at radius 2 is 2.29 bits per heavy atom. The van der Waals surface area contributed by atoms with Gasteiger partial charge in [0.2, 0.25) is 0 Å². The van der Waals surface area contributed by atoms with Crippen LogP contribution in [0.15, 0.2) is 28.9 Å². The Labute approximate surface area is 44.6 Å². The molecule has 1 heterocycles. The monoisotopic (exact) mass is 111 g/mol. The van der Waals surface area contributed by atoms with Gasteiger partial charge in [0, 0.05) is 12.4 Å². The summed E-state index contributed by atoms with van der Waals surface area (Å²) in [7, 11) is 0.809. The number of hydrogen-bond acceptors (Lipinski definition) is 1. The predicted octanol–water partition coefficient (Wildman–Crippen LogP) is 1.73. The molecule has 7 heavy (non-hydrogen) atoms. The molecule has 0 spiro atoms. The highest BCUT2D eigenvalue weighted by Gasteiger charge is 1.70. The normalized spacial score (nSPS) is 20.6. The lowest BCUT2D eigenvalue weighted by Gasteiger charge is -1.69. The van der Waals surface area contributed by atoms with Gasteiger partial charge in [-0.25, -0.2) is 0 Å². The molecule has 0 aliphatic carbocycles. The van der Waals surface area contributed by atoms with Crippen LogP contribution in [0.4, 0.5) is 0 Å². The molecule has 0 amide bonds. The van der Waals surface area contributed by atoms with Gasteiger partial charge in [-0.15, -0.1) is 0 Å². The molecule has 1 nitrogen and oxygen atoms in total. The Morgan fingerprint density at radius 1 is 1.29 bits per heavy atom. The van der Waals surface area contributed by atoms with E-state index in [-0.39, 0.29) is 0 Å². The van der Waals surface area contributed by atoms with Crippen molar-refractivity contribution in [1.29, 1.82) is 0 Å². The molecule has 1 unspecified atom stereocenters. The van der Waals surface area contributed by atoms with Crippen molar-refractivity contribution in [3.05, 3.63) is 23.9 Å². The summed E-state index contributed by atoms with van der Waals surface area (Å²) in [5.74, 6) is 4.13.